The summed E-state index contributed by atoms with van der Waals surface area (Å²) in [7, 11) is 0. The summed E-state index contributed by atoms with van der Waals surface area (Å²) in [4.78, 5) is 15.5. The van der Waals surface area contributed by atoms with Gasteiger partial charge in [0.1, 0.15) is 6.54 Å². The molecule has 1 amide bonds. The molecule has 0 spiro atoms. The van der Waals surface area contributed by atoms with Crippen molar-refractivity contribution >= 4 is 40.4 Å². The van der Waals surface area contributed by atoms with Crippen LogP contribution < -0.4 is 0 Å². The maximum atomic E-state index is 13.4. The highest BCUT2D eigenvalue weighted by Crippen LogP contribution is 2.45. The Morgan fingerprint density at radius 2 is 2.03 bits per heavy atom. The van der Waals surface area contributed by atoms with Gasteiger partial charge in [0.2, 0.25) is 0 Å². The first kappa shape index (κ1) is 22.1. The van der Waals surface area contributed by atoms with Crippen LogP contribution in [0.4, 0.5) is 13.2 Å². The van der Waals surface area contributed by atoms with Crippen molar-refractivity contribution in [2.75, 3.05) is 0 Å². The zero-order valence-corrected chi connectivity index (χ0v) is 19.4. The maximum Gasteiger partial charge on any atom is 0.435 e. The predicted molar refractivity (Wildman–Crippen MR) is 123 cm³/mol. The molecule has 2 aliphatic rings. The summed E-state index contributed by atoms with van der Waals surface area (Å²) in [6, 6.07) is 8.69. The van der Waals surface area contributed by atoms with E-state index in [1.54, 1.807) is 22.7 Å². The van der Waals surface area contributed by atoms with E-state index in [9.17, 15) is 18.0 Å². The zero-order chi connectivity index (χ0) is 23.2. The number of allylic oxidation sites excluding steroid dienone is 1. The number of hydrogen-bond donors (Lipinski definition) is 0. The molecule has 5 rings (SSSR count). The van der Waals surface area contributed by atoms with Gasteiger partial charge in [-0.25, -0.2) is 5.01 Å². The van der Waals surface area contributed by atoms with Crippen LogP contribution in [0.25, 0.3) is 6.08 Å². The third-order valence-corrected chi connectivity index (χ3v) is 7.77. The van der Waals surface area contributed by atoms with Crippen LogP contribution >= 0.6 is 22.7 Å². The SMILES string of the molecule is Cc1cc(C(F)(F)F)nn1CC(=O)N1N=C2/C(=C\c3cccs3)CCCC2C1c1cccs1. The summed E-state index contributed by atoms with van der Waals surface area (Å²) >= 11 is 3.22. The summed E-state index contributed by atoms with van der Waals surface area (Å²) in [5.41, 5.74) is 1.32. The lowest BCUT2D eigenvalue weighted by atomic mass is 9.79. The fraction of sp³-hybridized carbons (Fsp3) is 0.348. The van der Waals surface area contributed by atoms with Gasteiger partial charge in [-0.1, -0.05) is 12.1 Å². The quantitative estimate of drug-likeness (QED) is 0.440. The molecular formula is C23H21F3N4OS2. The second-order valence-electron chi connectivity index (χ2n) is 8.19. The first-order valence-corrected chi connectivity index (χ1v) is 12.4. The molecule has 2 atom stereocenters. The van der Waals surface area contributed by atoms with Crippen molar-refractivity contribution in [1.29, 1.82) is 0 Å². The molecule has 3 aromatic rings. The average molecular weight is 491 g/mol. The average Bonchev–Trinajstić information content (AvgIpc) is 3.54. The highest BCUT2D eigenvalue weighted by atomic mass is 32.1. The van der Waals surface area contributed by atoms with E-state index in [1.165, 1.54) is 11.9 Å². The smallest absolute Gasteiger partial charge is 0.271 e. The Morgan fingerprint density at radius 3 is 2.70 bits per heavy atom. The molecule has 1 fully saturated rings. The zero-order valence-electron chi connectivity index (χ0n) is 17.7. The molecule has 172 valence electrons. The van der Waals surface area contributed by atoms with Gasteiger partial charge in [0.05, 0.1) is 11.8 Å². The summed E-state index contributed by atoms with van der Waals surface area (Å²) in [6.45, 7) is 1.22. The highest BCUT2D eigenvalue weighted by Gasteiger charge is 2.44. The van der Waals surface area contributed by atoms with E-state index in [0.717, 1.165) is 51.0 Å². The number of aromatic nitrogens is 2. The Bertz CT molecular complexity index is 1210. The van der Waals surface area contributed by atoms with Crippen LogP contribution in [-0.4, -0.2) is 26.4 Å². The number of aryl methyl sites for hydroxylation is 1. The molecule has 10 heteroatoms. The van der Waals surface area contributed by atoms with Crippen LogP contribution in [0.1, 0.15) is 46.4 Å². The molecule has 1 aliphatic heterocycles. The summed E-state index contributed by atoms with van der Waals surface area (Å²) in [5, 5.41) is 13.9. The highest BCUT2D eigenvalue weighted by molar-refractivity contribution is 7.11. The van der Waals surface area contributed by atoms with Gasteiger partial charge in [-0.15, -0.1) is 22.7 Å². The summed E-state index contributed by atoms with van der Waals surface area (Å²) in [6.07, 6.45) is 0.384. The number of hydrogen-bond acceptors (Lipinski definition) is 5. The molecule has 1 saturated carbocycles. The number of rotatable bonds is 4. The van der Waals surface area contributed by atoms with Crippen molar-refractivity contribution in [3.8, 4) is 0 Å². The molecule has 33 heavy (non-hydrogen) atoms. The lowest BCUT2D eigenvalue weighted by Crippen LogP contribution is -2.33. The molecule has 3 aromatic heterocycles. The van der Waals surface area contributed by atoms with Gasteiger partial charge in [0, 0.05) is 21.4 Å². The van der Waals surface area contributed by atoms with Crippen molar-refractivity contribution in [2.45, 2.75) is 44.9 Å². The van der Waals surface area contributed by atoms with Gasteiger partial charge >= 0.3 is 6.18 Å². The third kappa shape index (κ3) is 4.29. The van der Waals surface area contributed by atoms with Gasteiger partial charge in [0.15, 0.2) is 5.69 Å². The molecule has 0 radical (unpaired) electrons. The number of fused-ring (bicyclic) bond motifs is 1. The van der Waals surface area contributed by atoms with E-state index in [0.29, 0.717) is 0 Å². The molecule has 1 aliphatic carbocycles. The number of carbonyl (C=O) groups excluding carboxylic acids is 1. The van der Waals surface area contributed by atoms with Crippen LogP contribution in [0, 0.1) is 12.8 Å². The number of carbonyl (C=O) groups is 1. The molecule has 0 N–H and O–H groups in total. The largest absolute Gasteiger partial charge is 0.435 e. The van der Waals surface area contributed by atoms with Crippen LogP contribution in [0.2, 0.25) is 0 Å². The minimum Gasteiger partial charge on any atom is -0.271 e. The normalized spacial score (nSPS) is 22.0. The van der Waals surface area contributed by atoms with E-state index < -0.39 is 11.9 Å². The van der Waals surface area contributed by atoms with E-state index in [2.05, 4.69) is 17.2 Å². The monoisotopic (exact) mass is 490 g/mol. The van der Waals surface area contributed by atoms with Crippen LogP contribution in [0.3, 0.4) is 0 Å². The number of thiophene rings is 2. The van der Waals surface area contributed by atoms with Crippen LogP contribution in [0.15, 0.2) is 51.8 Å². The lowest BCUT2D eigenvalue weighted by molar-refractivity contribution is -0.142. The Morgan fingerprint density at radius 1 is 1.24 bits per heavy atom. The van der Waals surface area contributed by atoms with Crippen molar-refractivity contribution in [3.05, 3.63) is 67.8 Å². The number of hydrazone groups is 1. The van der Waals surface area contributed by atoms with E-state index in [4.69, 9.17) is 5.10 Å². The fourth-order valence-corrected chi connectivity index (χ4v) is 6.06. The van der Waals surface area contributed by atoms with Gasteiger partial charge in [-0.05, 0) is 66.8 Å². The van der Waals surface area contributed by atoms with Crippen molar-refractivity contribution in [3.63, 3.8) is 0 Å². The molecule has 4 heterocycles. The topological polar surface area (TPSA) is 50.5 Å². The van der Waals surface area contributed by atoms with E-state index >= 15 is 0 Å². The predicted octanol–water partition coefficient (Wildman–Crippen LogP) is 6.16. The Hall–Kier alpha value is -2.72. The molecule has 0 saturated heterocycles. The Balaban J connectivity index is 1.48. The first-order chi connectivity index (χ1) is 15.8. The summed E-state index contributed by atoms with van der Waals surface area (Å²) < 4.78 is 40.3. The van der Waals surface area contributed by atoms with Crippen LogP contribution in [-0.2, 0) is 17.5 Å². The maximum absolute atomic E-state index is 13.4. The van der Waals surface area contributed by atoms with Gasteiger partial charge < -0.3 is 0 Å². The molecule has 0 aromatic carbocycles. The van der Waals surface area contributed by atoms with Gasteiger partial charge in [-0.2, -0.15) is 23.4 Å². The Kier molecular flexibility index (Phi) is 5.74. The minimum atomic E-state index is -4.55. The first-order valence-electron chi connectivity index (χ1n) is 10.6. The summed E-state index contributed by atoms with van der Waals surface area (Å²) in [5.74, 6) is -0.303. The van der Waals surface area contributed by atoms with E-state index in [-0.39, 0.29) is 30.1 Å². The number of amides is 1. The number of halogens is 3. The number of alkyl halides is 3. The van der Waals surface area contributed by atoms with E-state index in [1.807, 2.05) is 29.0 Å². The molecular weight excluding hydrogens is 469 g/mol. The second-order valence-corrected chi connectivity index (χ2v) is 10.2. The van der Waals surface area contributed by atoms with Crippen LogP contribution in [0.5, 0.6) is 0 Å². The van der Waals surface area contributed by atoms with Crippen molar-refractivity contribution in [1.82, 2.24) is 14.8 Å². The lowest BCUT2D eigenvalue weighted by Gasteiger charge is -2.28. The molecule has 5 nitrogen and oxygen atoms in total. The Labute approximate surface area is 196 Å². The molecule has 2 unspecified atom stereocenters. The minimum absolute atomic E-state index is 0.0667. The standard InChI is InChI=1S/C23H21F3N4OS2/c1-14-11-19(23(24,25)26)27-29(14)13-20(31)30-22(18-8-4-10-33-18)17-7-2-5-15(21(17)28-30)12-16-6-3-9-32-16/h3-4,6,8-12,17,22H,2,5,7,13H2,1H3/b15-12-. The van der Waals surface area contributed by atoms with Gasteiger partial charge in [0.25, 0.3) is 5.91 Å². The van der Waals surface area contributed by atoms with Gasteiger partial charge in [-0.3, -0.25) is 9.48 Å². The van der Waals surface area contributed by atoms with Crippen molar-refractivity contribution < 1.29 is 18.0 Å². The second kappa shape index (κ2) is 8.57. The molecule has 0 bridgehead atoms. The van der Waals surface area contributed by atoms with Crippen molar-refractivity contribution in [2.24, 2.45) is 11.0 Å². The number of nitrogens with zero attached hydrogens (tertiary/aromatic N) is 4. The third-order valence-electron chi connectivity index (χ3n) is 6.01. The fourth-order valence-electron chi connectivity index (χ4n) is 4.50.